The van der Waals surface area contributed by atoms with Crippen molar-refractivity contribution in [2.75, 3.05) is 33.5 Å². The van der Waals surface area contributed by atoms with Crippen molar-refractivity contribution < 1.29 is 9.47 Å². The van der Waals surface area contributed by atoms with Gasteiger partial charge in [-0.2, -0.15) is 0 Å². The lowest BCUT2D eigenvalue weighted by Gasteiger charge is -2.40. The van der Waals surface area contributed by atoms with Crippen molar-refractivity contribution in [3.63, 3.8) is 0 Å². The van der Waals surface area contributed by atoms with Crippen LogP contribution in [0, 0.1) is 5.41 Å². The summed E-state index contributed by atoms with van der Waals surface area (Å²) in [7, 11) is 1.79. The number of ether oxygens (including phenoxy) is 2. The topological polar surface area (TPSA) is 30.5 Å². The van der Waals surface area contributed by atoms with Crippen LogP contribution >= 0.6 is 0 Å². The summed E-state index contributed by atoms with van der Waals surface area (Å²) in [5.41, 5.74) is 0.610. The number of methoxy groups -OCH3 is 1. The molecule has 1 saturated heterocycles. The molecule has 1 aliphatic heterocycles. The van der Waals surface area contributed by atoms with Crippen LogP contribution in [0.1, 0.15) is 46.5 Å². The molecule has 0 saturated carbocycles. The SMILES string of the molecule is CCC(C)(C)NCC1(CCOC)CCOCC1. The van der Waals surface area contributed by atoms with E-state index < -0.39 is 0 Å². The molecule has 3 heteroatoms. The summed E-state index contributed by atoms with van der Waals surface area (Å²) in [6.45, 7) is 10.5. The molecule has 0 unspecified atom stereocenters. The van der Waals surface area contributed by atoms with Crippen LogP contribution < -0.4 is 5.32 Å². The van der Waals surface area contributed by atoms with Crippen molar-refractivity contribution >= 4 is 0 Å². The number of nitrogens with one attached hydrogen (secondary N) is 1. The van der Waals surface area contributed by atoms with Crippen LogP contribution in [0.5, 0.6) is 0 Å². The lowest BCUT2D eigenvalue weighted by Crippen LogP contribution is -2.47. The lowest BCUT2D eigenvalue weighted by molar-refractivity contribution is -0.00455. The van der Waals surface area contributed by atoms with E-state index in [1.807, 2.05) is 0 Å². The van der Waals surface area contributed by atoms with Crippen molar-refractivity contribution in [3.05, 3.63) is 0 Å². The van der Waals surface area contributed by atoms with E-state index >= 15 is 0 Å². The normalized spacial score (nSPS) is 20.5. The Labute approximate surface area is 106 Å². The largest absolute Gasteiger partial charge is 0.385 e. The fourth-order valence-corrected chi connectivity index (χ4v) is 2.19. The number of hydrogen-bond acceptors (Lipinski definition) is 3. The van der Waals surface area contributed by atoms with Gasteiger partial charge in [-0.25, -0.2) is 0 Å². The summed E-state index contributed by atoms with van der Waals surface area (Å²) in [5.74, 6) is 0. The van der Waals surface area contributed by atoms with Crippen molar-refractivity contribution in [3.8, 4) is 0 Å². The second kappa shape index (κ2) is 6.72. The zero-order valence-electron chi connectivity index (χ0n) is 12.0. The van der Waals surface area contributed by atoms with Crippen LogP contribution in [0.4, 0.5) is 0 Å². The van der Waals surface area contributed by atoms with E-state index in [4.69, 9.17) is 9.47 Å². The highest BCUT2D eigenvalue weighted by Crippen LogP contribution is 2.34. The molecule has 17 heavy (non-hydrogen) atoms. The molecule has 0 spiro atoms. The molecule has 0 aromatic heterocycles. The van der Waals surface area contributed by atoms with E-state index in [1.54, 1.807) is 7.11 Å². The van der Waals surface area contributed by atoms with E-state index in [0.29, 0.717) is 5.41 Å². The van der Waals surface area contributed by atoms with Gasteiger partial charge in [0.25, 0.3) is 0 Å². The highest BCUT2D eigenvalue weighted by atomic mass is 16.5. The van der Waals surface area contributed by atoms with E-state index in [1.165, 1.54) is 0 Å². The minimum absolute atomic E-state index is 0.235. The molecule has 3 nitrogen and oxygen atoms in total. The fourth-order valence-electron chi connectivity index (χ4n) is 2.19. The van der Waals surface area contributed by atoms with Crippen molar-refractivity contribution in [2.24, 2.45) is 5.41 Å². The smallest absolute Gasteiger partial charge is 0.0471 e. The first-order valence-electron chi connectivity index (χ1n) is 6.85. The molecule has 1 heterocycles. The third-order valence-electron chi connectivity index (χ3n) is 4.22. The summed E-state index contributed by atoms with van der Waals surface area (Å²) in [6.07, 6.45) is 4.61. The Hall–Kier alpha value is -0.120. The van der Waals surface area contributed by atoms with Crippen molar-refractivity contribution in [1.29, 1.82) is 0 Å². The quantitative estimate of drug-likeness (QED) is 0.745. The molecular formula is C14H29NO2. The molecule has 1 fully saturated rings. The maximum absolute atomic E-state index is 5.49. The lowest BCUT2D eigenvalue weighted by atomic mass is 9.77. The van der Waals surface area contributed by atoms with Gasteiger partial charge in [0.05, 0.1) is 0 Å². The Morgan fingerprint density at radius 1 is 1.29 bits per heavy atom. The van der Waals surface area contributed by atoms with Gasteiger partial charge in [-0.1, -0.05) is 6.92 Å². The van der Waals surface area contributed by atoms with Gasteiger partial charge < -0.3 is 14.8 Å². The van der Waals surface area contributed by atoms with Gasteiger partial charge in [0, 0.05) is 39.0 Å². The Kier molecular flexibility index (Phi) is 5.90. The summed E-state index contributed by atoms with van der Waals surface area (Å²) >= 11 is 0. The minimum atomic E-state index is 0.235. The summed E-state index contributed by atoms with van der Waals surface area (Å²) < 4.78 is 10.8. The van der Waals surface area contributed by atoms with E-state index in [2.05, 4.69) is 26.1 Å². The van der Waals surface area contributed by atoms with Crippen molar-refractivity contribution in [1.82, 2.24) is 5.32 Å². The molecule has 0 radical (unpaired) electrons. The zero-order valence-corrected chi connectivity index (χ0v) is 12.0. The second-order valence-corrected chi connectivity index (χ2v) is 5.95. The number of hydrogen-bond donors (Lipinski definition) is 1. The highest BCUT2D eigenvalue weighted by Gasteiger charge is 2.33. The summed E-state index contributed by atoms with van der Waals surface area (Å²) in [4.78, 5) is 0. The van der Waals surface area contributed by atoms with E-state index in [9.17, 15) is 0 Å². The molecule has 1 N–H and O–H groups in total. The minimum Gasteiger partial charge on any atom is -0.385 e. The molecular weight excluding hydrogens is 214 g/mol. The first kappa shape index (κ1) is 14.9. The van der Waals surface area contributed by atoms with Gasteiger partial charge in [-0.15, -0.1) is 0 Å². The molecule has 0 aromatic carbocycles. The molecule has 1 aliphatic rings. The molecule has 0 atom stereocenters. The standard InChI is InChI=1S/C14H29NO2/c1-5-13(2,3)15-12-14(6-9-16-4)7-10-17-11-8-14/h15H,5-12H2,1-4H3. The Bertz CT molecular complexity index is 210. The average molecular weight is 243 g/mol. The van der Waals surface area contributed by atoms with Gasteiger partial charge in [0.2, 0.25) is 0 Å². The third kappa shape index (κ3) is 4.94. The number of rotatable bonds is 7. The third-order valence-corrected chi connectivity index (χ3v) is 4.22. The molecule has 0 amide bonds. The highest BCUT2D eigenvalue weighted by molar-refractivity contribution is 4.87. The first-order valence-corrected chi connectivity index (χ1v) is 6.85. The second-order valence-electron chi connectivity index (χ2n) is 5.95. The first-order chi connectivity index (χ1) is 8.04. The zero-order chi connectivity index (χ0) is 12.8. The van der Waals surface area contributed by atoms with Crippen LogP contribution in [-0.4, -0.2) is 39.0 Å². The fraction of sp³-hybridized carbons (Fsp3) is 1.00. The molecule has 102 valence electrons. The molecule has 0 aromatic rings. The molecule has 0 aliphatic carbocycles. The van der Waals surface area contributed by atoms with Gasteiger partial charge in [-0.3, -0.25) is 0 Å². The summed E-state index contributed by atoms with van der Waals surface area (Å²) in [5, 5.41) is 3.72. The summed E-state index contributed by atoms with van der Waals surface area (Å²) in [6, 6.07) is 0. The van der Waals surface area contributed by atoms with Gasteiger partial charge >= 0.3 is 0 Å². The van der Waals surface area contributed by atoms with Crippen LogP contribution in [-0.2, 0) is 9.47 Å². The predicted molar refractivity (Wildman–Crippen MR) is 71.4 cm³/mol. The van der Waals surface area contributed by atoms with Crippen molar-refractivity contribution in [2.45, 2.75) is 52.0 Å². The van der Waals surface area contributed by atoms with E-state index in [0.717, 1.165) is 52.0 Å². The predicted octanol–water partition coefficient (Wildman–Crippen LogP) is 2.60. The van der Waals surface area contributed by atoms with Crippen LogP contribution in [0.25, 0.3) is 0 Å². The average Bonchev–Trinajstić information content (AvgIpc) is 2.36. The van der Waals surface area contributed by atoms with Gasteiger partial charge in [0.15, 0.2) is 0 Å². The van der Waals surface area contributed by atoms with Crippen LogP contribution in [0.15, 0.2) is 0 Å². The van der Waals surface area contributed by atoms with Gasteiger partial charge in [-0.05, 0) is 44.9 Å². The Morgan fingerprint density at radius 3 is 2.47 bits per heavy atom. The van der Waals surface area contributed by atoms with Crippen LogP contribution in [0.2, 0.25) is 0 Å². The van der Waals surface area contributed by atoms with Crippen LogP contribution in [0.3, 0.4) is 0 Å². The molecule has 1 rings (SSSR count). The molecule has 0 bridgehead atoms. The maximum atomic E-state index is 5.49. The Morgan fingerprint density at radius 2 is 1.94 bits per heavy atom. The maximum Gasteiger partial charge on any atom is 0.0471 e. The van der Waals surface area contributed by atoms with Gasteiger partial charge in [0.1, 0.15) is 0 Å². The monoisotopic (exact) mass is 243 g/mol. The van der Waals surface area contributed by atoms with E-state index in [-0.39, 0.29) is 5.54 Å². The Balaban J connectivity index is 2.50.